The third-order valence-electron chi connectivity index (χ3n) is 3.03. The number of aromatic nitrogens is 3. The van der Waals surface area contributed by atoms with Gasteiger partial charge in [0, 0.05) is 17.4 Å². The normalized spacial score (nSPS) is 11.0. The minimum absolute atomic E-state index is 0.701. The van der Waals surface area contributed by atoms with Gasteiger partial charge in [-0.1, -0.05) is 12.1 Å². The van der Waals surface area contributed by atoms with Crippen LogP contribution in [0.4, 0.5) is 5.69 Å². The van der Waals surface area contributed by atoms with Crippen LogP contribution in [0.15, 0.2) is 36.5 Å². The molecule has 0 amide bonds. The highest BCUT2D eigenvalue weighted by molar-refractivity contribution is 5.65. The zero-order chi connectivity index (χ0) is 12.7. The van der Waals surface area contributed by atoms with Gasteiger partial charge in [-0.15, -0.1) is 5.10 Å². The SMILES string of the molecule is Cc1ccn2nc(-c3ccc(C)c(N)c3)nc2c1. The molecule has 4 nitrogen and oxygen atoms in total. The predicted molar refractivity (Wildman–Crippen MR) is 72.3 cm³/mol. The molecule has 0 aliphatic carbocycles. The van der Waals surface area contributed by atoms with Gasteiger partial charge in [0.25, 0.3) is 0 Å². The molecule has 3 aromatic rings. The van der Waals surface area contributed by atoms with E-state index in [1.807, 2.05) is 50.4 Å². The zero-order valence-electron chi connectivity index (χ0n) is 10.4. The standard InChI is InChI=1S/C14H14N4/c1-9-5-6-18-13(7-9)16-14(17-18)11-4-3-10(2)12(15)8-11/h3-8H,15H2,1-2H3. The van der Waals surface area contributed by atoms with E-state index in [-0.39, 0.29) is 0 Å². The van der Waals surface area contributed by atoms with E-state index in [1.54, 1.807) is 4.52 Å². The van der Waals surface area contributed by atoms with Gasteiger partial charge >= 0.3 is 0 Å². The molecule has 18 heavy (non-hydrogen) atoms. The summed E-state index contributed by atoms with van der Waals surface area (Å²) in [6.07, 6.45) is 1.92. The highest BCUT2D eigenvalue weighted by Crippen LogP contribution is 2.21. The quantitative estimate of drug-likeness (QED) is 0.663. The van der Waals surface area contributed by atoms with Gasteiger partial charge in [0.2, 0.25) is 0 Å². The highest BCUT2D eigenvalue weighted by Gasteiger charge is 2.07. The van der Waals surface area contributed by atoms with Crippen LogP contribution in [0.25, 0.3) is 17.0 Å². The molecule has 0 atom stereocenters. The third-order valence-corrected chi connectivity index (χ3v) is 3.03. The third kappa shape index (κ3) is 1.72. The van der Waals surface area contributed by atoms with Gasteiger partial charge in [0.15, 0.2) is 11.5 Å². The Kier molecular flexibility index (Phi) is 2.30. The molecule has 90 valence electrons. The Bertz CT molecular complexity index is 728. The fraction of sp³-hybridized carbons (Fsp3) is 0.143. The molecule has 0 saturated heterocycles. The second kappa shape index (κ2) is 3.84. The first-order chi connectivity index (χ1) is 8.63. The number of pyridine rings is 1. The number of nitrogen functional groups attached to an aromatic ring is 1. The van der Waals surface area contributed by atoms with Crippen molar-refractivity contribution in [2.45, 2.75) is 13.8 Å². The van der Waals surface area contributed by atoms with E-state index in [4.69, 9.17) is 5.73 Å². The summed E-state index contributed by atoms with van der Waals surface area (Å²) in [6.45, 7) is 4.03. The Morgan fingerprint density at radius 3 is 2.72 bits per heavy atom. The number of benzene rings is 1. The van der Waals surface area contributed by atoms with E-state index in [2.05, 4.69) is 10.1 Å². The van der Waals surface area contributed by atoms with E-state index in [0.29, 0.717) is 5.82 Å². The van der Waals surface area contributed by atoms with Crippen molar-refractivity contribution in [2.24, 2.45) is 0 Å². The molecule has 0 aliphatic rings. The summed E-state index contributed by atoms with van der Waals surface area (Å²) < 4.78 is 1.78. The van der Waals surface area contributed by atoms with Gasteiger partial charge in [-0.2, -0.15) is 0 Å². The van der Waals surface area contributed by atoms with E-state index in [0.717, 1.165) is 22.5 Å². The predicted octanol–water partition coefficient (Wildman–Crippen LogP) is 2.60. The van der Waals surface area contributed by atoms with Crippen LogP contribution in [0.3, 0.4) is 0 Å². The summed E-state index contributed by atoms with van der Waals surface area (Å²) in [6, 6.07) is 9.91. The first-order valence-corrected chi connectivity index (χ1v) is 5.83. The Morgan fingerprint density at radius 2 is 1.94 bits per heavy atom. The van der Waals surface area contributed by atoms with Crippen molar-refractivity contribution >= 4 is 11.3 Å². The van der Waals surface area contributed by atoms with Crippen LogP contribution in [0.1, 0.15) is 11.1 Å². The van der Waals surface area contributed by atoms with Crippen molar-refractivity contribution in [3.63, 3.8) is 0 Å². The Balaban J connectivity index is 2.16. The average molecular weight is 238 g/mol. The summed E-state index contributed by atoms with van der Waals surface area (Å²) in [7, 11) is 0. The molecule has 3 rings (SSSR count). The number of aryl methyl sites for hydroxylation is 2. The number of hydrogen-bond donors (Lipinski definition) is 1. The van der Waals surface area contributed by atoms with Crippen LogP contribution in [0.2, 0.25) is 0 Å². The van der Waals surface area contributed by atoms with Crippen molar-refractivity contribution in [3.05, 3.63) is 47.7 Å². The molecular weight excluding hydrogens is 224 g/mol. The lowest BCUT2D eigenvalue weighted by Gasteiger charge is -2.00. The van der Waals surface area contributed by atoms with Crippen molar-refractivity contribution in [3.8, 4) is 11.4 Å². The van der Waals surface area contributed by atoms with Crippen LogP contribution < -0.4 is 5.73 Å². The number of rotatable bonds is 1. The van der Waals surface area contributed by atoms with Gasteiger partial charge in [0.05, 0.1) is 0 Å². The maximum atomic E-state index is 5.91. The Hall–Kier alpha value is -2.36. The second-order valence-corrected chi connectivity index (χ2v) is 4.51. The lowest BCUT2D eigenvalue weighted by molar-refractivity contribution is 0.962. The van der Waals surface area contributed by atoms with Gasteiger partial charge in [0.1, 0.15) is 0 Å². The Labute approximate surface area is 105 Å². The maximum Gasteiger partial charge on any atom is 0.182 e. The first kappa shape index (κ1) is 10.8. The summed E-state index contributed by atoms with van der Waals surface area (Å²) in [4.78, 5) is 4.51. The van der Waals surface area contributed by atoms with Gasteiger partial charge in [-0.25, -0.2) is 9.50 Å². The molecule has 4 heteroatoms. The van der Waals surface area contributed by atoms with Crippen LogP contribution in [0.5, 0.6) is 0 Å². The average Bonchev–Trinajstić information content (AvgIpc) is 2.75. The van der Waals surface area contributed by atoms with Crippen molar-refractivity contribution in [1.29, 1.82) is 0 Å². The largest absolute Gasteiger partial charge is 0.398 e. The second-order valence-electron chi connectivity index (χ2n) is 4.51. The summed E-state index contributed by atoms with van der Waals surface area (Å²) in [5, 5.41) is 4.44. The molecule has 2 N–H and O–H groups in total. The molecule has 0 fully saturated rings. The molecule has 0 unspecified atom stereocenters. The van der Waals surface area contributed by atoms with E-state index in [9.17, 15) is 0 Å². The van der Waals surface area contributed by atoms with Crippen LogP contribution in [0, 0.1) is 13.8 Å². The zero-order valence-corrected chi connectivity index (χ0v) is 10.4. The van der Waals surface area contributed by atoms with Crippen molar-refractivity contribution in [2.75, 3.05) is 5.73 Å². The lowest BCUT2D eigenvalue weighted by atomic mass is 10.1. The highest BCUT2D eigenvalue weighted by atomic mass is 15.3. The minimum Gasteiger partial charge on any atom is -0.398 e. The van der Waals surface area contributed by atoms with Crippen LogP contribution in [-0.2, 0) is 0 Å². The van der Waals surface area contributed by atoms with Crippen molar-refractivity contribution in [1.82, 2.24) is 14.6 Å². The Morgan fingerprint density at radius 1 is 1.11 bits per heavy atom. The van der Waals surface area contributed by atoms with Crippen molar-refractivity contribution < 1.29 is 0 Å². The minimum atomic E-state index is 0.701. The summed E-state index contributed by atoms with van der Waals surface area (Å²) in [5.74, 6) is 0.701. The van der Waals surface area contributed by atoms with Gasteiger partial charge in [-0.3, -0.25) is 0 Å². The number of nitrogens with two attached hydrogens (primary N) is 1. The molecule has 1 aromatic carbocycles. The maximum absolute atomic E-state index is 5.91. The number of anilines is 1. The number of nitrogens with zero attached hydrogens (tertiary/aromatic N) is 3. The summed E-state index contributed by atoms with van der Waals surface area (Å²) >= 11 is 0. The molecule has 2 aromatic heterocycles. The molecule has 0 radical (unpaired) electrons. The first-order valence-electron chi connectivity index (χ1n) is 5.83. The van der Waals surface area contributed by atoms with E-state index < -0.39 is 0 Å². The molecule has 0 aliphatic heterocycles. The lowest BCUT2D eigenvalue weighted by Crippen LogP contribution is -1.91. The smallest absolute Gasteiger partial charge is 0.182 e. The summed E-state index contributed by atoms with van der Waals surface area (Å²) in [5.41, 5.74) is 10.7. The fourth-order valence-electron chi connectivity index (χ4n) is 1.89. The molecular formula is C14H14N4. The van der Waals surface area contributed by atoms with E-state index in [1.165, 1.54) is 5.56 Å². The van der Waals surface area contributed by atoms with E-state index >= 15 is 0 Å². The topological polar surface area (TPSA) is 56.2 Å². The van der Waals surface area contributed by atoms with Gasteiger partial charge in [-0.05, 0) is 43.2 Å². The molecule has 0 bridgehead atoms. The molecule has 2 heterocycles. The van der Waals surface area contributed by atoms with Crippen LogP contribution in [-0.4, -0.2) is 14.6 Å². The fourth-order valence-corrected chi connectivity index (χ4v) is 1.89. The number of hydrogen-bond acceptors (Lipinski definition) is 3. The molecule has 0 spiro atoms. The monoisotopic (exact) mass is 238 g/mol. The molecule has 0 saturated carbocycles. The van der Waals surface area contributed by atoms with Gasteiger partial charge < -0.3 is 5.73 Å². The number of fused-ring (bicyclic) bond motifs is 1. The van der Waals surface area contributed by atoms with Crippen LogP contribution >= 0.6 is 0 Å².